The summed E-state index contributed by atoms with van der Waals surface area (Å²) in [5.74, 6) is 3.49. The van der Waals surface area contributed by atoms with Crippen LogP contribution in [0.25, 0.3) is 0 Å². The van der Waals surface area contributed by atoms with Crippen molar-refractivity contribution in [2.45, 2.75) is 65.7 Å². The second kappa shape index (κ2) is 7.62. The Morgan fingerprint density at radius 1 is 1.10 bits per heavy atom. The molecule has 1 aromatic heterocycles. The lowest BCUT2D eigenvalue weighted by molar-refractivity contribution is 0.726. The maximum atomic E-state index is 4.88. The van der Waals surface area contributed by atoms with Gasteiger partial charge in [0.1, 0.15) is 17.5 Å². The maximum Gasteiger partial charge on any atom is 0.137 e. The van der Waals surface area contributed by atoms with Gasteiger partial charge in [0, 0.05) is 31.1 Å². The first kappa shape index (κ1) is 16.1. The van der Waals surface area contributed by atoms with E-state index in [9.17, 15) is 0 Å². The molecule has 0 atom stereocenters. The summed E-state index contributed by atoms with van der Waals surface area (Å²) in [6.07, 6.45) is 6.35. The fourth-order valence-corrected chi connectivity index (χ4v) is 2.79. The monoisotopic (exact) mass is 290 g/mol. The molecule has 2 rings (SSSR count). The Labute approximate surface area is 129 Å². The van der Waals surface area contributed by atoms with E-state index in [1.807, 2.05) is 0 Å². The van der Waals surface area contributed by atoms with Crippen LogP contribution >= 0.6 is 0 Å². The molecule has 1 aliphatic heterocycles. The smallest absolute Gasteiger partial charge is 0.137 e. The van der Waals surface area contributed by atoms with Gasteiger partial charge < -0.3 is 10.2 Å². The summed E-state index contributed by atoms with van der Waals surface area (Å²) in [7, 11) is 0. The largest absolute Gasteiger partial charge is 0.370 e. The van der Waals surface area contributed by atoms with E-state index in [0.29, 0.717) is 5.92 Å². The second-order valence-electron chi connectivity index (χ2n) is 6.36. The maximum absolute atomic E-state index is 4.88. The molecule has 1 aliphatic rings. The third-order valence-corrected chi connectivity index (χ3v) is 4.10. The van der Waals surface area contributed by atoms with Crippen LogP contribution in [0.2, 0.25) is 0 Å². The highest BCUT2D eigenvalue weighted by Gasteiger charge is 2.18. The summed E-state index contributed by atoms with van der Waals surface area (Å²) in [6, 6.07) is 0. The molecule has 4 nitrogen and oxygen atoms in total. The quantitative estimate of drug-likeness (QED) is 0.886. The summed E-state index contributed by atoms with van der Waals surface area (Å²) in [5.41, 5.74) is 1.20. The van der Waals surface area contributed by atoms with Crippen LogP contribution in [0.3, 0.4) is 0 Å². The van der Waals surface area contributed by atoms with Crippen LogP contribution in [0.5, 0.6) is 0 Å². The van der Waals surface area contributed by atoms with Crippen molar-refractivity contribution in [3.8, 4) is 0 Å². The lowest BCUT2D eigenvalue weighted by atomic mass is 10.2. The zero-order chi connectivity index (χ0) is 15.2. The lowest BCUT2D eigenvalue weighted by Gasteiger charge is -2.25. The van der Waals surface area contributed by atoms with Crippen LogP contribution in [-0.4, -0.2) is 29.6 Å². The molecule has 0 amide bonds. The van der Waals surface area contributed by atoms with Gasteiger partial charge in [0.25, 0.3) is 0 Å². The first-order valence-corrected chi connectivity index (χ1v) is 8.50. The van der Waals surface area contributed by atoms with Gasteiger partial charge >= 0.3 is 0 Å². The van der Waals surface area contributed by atoms with Gasteiger partial charge in [-0.3, -0.25) is 0 Å². The molecule has 118 valence electrons. The molecule has 0 bridgehead atoms. The molecule has 1 fully saturated rings. The summed E-state index contributed by atoms with van der Waals surface area (Å²) in [4.78, 5) is 12.1. The average Bonchev–Trinajstić information content (AvgIpc) is 2.75. The highest BCUT2D eigenvalue weighted by Crippen LogP contribution is 2.27. The van der Waals surface area contributed by atoms with Crippen LogP contribution < -0.4 is 10.2 Å². The van der Waals surface area contributed by atoms with Crippen molar-refractivity contribution in [2.24, 2.45) is 0 Å². The van der Waals surface area contributed by atoms with Crippen molar-refractivity contribution in [3.63, 3.8) is 0 Å². The molecule has 1 saturated heterocycles. The number of nitrogens with one attached hydrogen (secondary N) is 1. The van der Waals surface area contributed by atoms with Gasteiger partial charge in [-0.25, -0.2) is 9.97 Å². The number of hydrogen-bond donors (Lipinski definition) is 1. The molecular formula is C17H30N4. The van der Waals surface area contributed by atoms with Crippen molar-refractivity contribution in [3.05, 3.63) is 11.4 Å². The van der Waals surface area contributed by atoms with E-state index in [0.717, 1.165) is 43.5 Å². The van der Waals surface area contributed by atoms with Crippen LogP contribution in [0.4, 0.5) is 11.6 Å². The summed E-state index contributed by atoms with van der Waals surface area (Å²) < 4.78 is 0. The first-order valence-electron chi connectivity index (χ1n) is 8.50. The van der Waals surface area contributed by atoms with Crippen LogP contribution in [0.1, 0.15) is 70.2 Å². The van der Waals surface area contributed by atoms with E-state index in [1.165, 1.54) is 31.2 Å². The Kier molecular flexibility index (Phi) is 5.83. The van der Waals surface area contributed by atoms with Gasteiger partial charge in [-0.05, 0) is 26.2 Å². The molecule has 1 N–H and O–H groups in total. The van der Waals surface area contributed by atoms with Gasteiger partial charge in [0.15, 0.2) is 0 Å². The first-order chi connectivity index (χ1) is 10.1. The predicted molar refractivity (Wildman–Crippen MR) is 90.3 cm³/mol. The number of nitrogens with zero attached hydrogens (tertiary/aromatic N) is 3. The third kappa shape index (κ3) is 4.08. The molecule has 0 saturated carbocycles. The van der Waals surface area contributed by atoms with Gasteiger partial charge in [-0.15, -0.1) is 0 Å². The van der Waals surface area contributed by atoms with E-state index in [4.69, 9.17) is 9.97 Å². The molecule has 21 heavy (non-hydrogen) atoms. The van der Waals surface area contributed by atoms with Crippen LogP contribution in [-0.2, 0) is 0 Å². The zero-order valence-corrected chi connectivity index (χ0v) is 14.1. The summed E-state index contributed by atoms with van der Waals surface area (Å²) in [6.45, 7) is 11.9. The van der Waals surface area contributed by atoms with Gasteiger partial charge in [-0.2, -0.15) is 0 Å². The zero-order valence-electron chi connectivity index (χ0n) is 14.1. The van der Waals surface area contributed by atoms with Crippen molar-refractivity contribution >= 4 is 11.6 Å². The molecule has 0 aromatic carbocycles. The Hall–Kier alpha value is -1.32. The molecule has 0 aliphatic carbocycles. The van der Waals surface area contributed by atoms with Crippen molar-refractivity contribution in [1.29, 1.82) is 0 Å². The van der Waals surface area contributed by atoms with Crippen LogP contribution in [0, 0.1) is 6.92 Å². The van der Waals surface area contributed by atoms with Crippen molar-refractivity contribution in [2.75, 3.05) is 29.9 Å². The van der Waals surface area contributed by atoms with E-state index in [1.54, 1.807) is 0 Å². The number of anilines is 2. The molecule has 1 aromatic rings. The normalized spacial score (nSPS) is 16.1. The highest BCUT2D eigenvalue weighted by molar-refractivity contribution is 5.59. The Bertz CT molecular complexity index is 448. The third-order valence-electron chi connectivity index (χ3n) is 4.10. The molecule has 4 heteroatoms. The van der Waals surface area contributed by atoms with E-state index in [-0.39, 0.29) is 0 Å². The topological polar surface area (TPSA) is 41.1 Å². The predicted octanol–water partition coefficient (Wildman–Crippen LogP) is 4.11. The van der Waals surface area contributed by atoms with Gasteiger partial charge in [-0.1, -0.05) is 33.6 Å². The lowest BCUT2D eigenvalue weighted by Crippen LogP contribution is -2.27. The van der Waals surface area contributed by atoms with Crippen LogP contribution in [0.15, 0.2) is 0 Å². The Balaban J connectivity index is 2.34. The standard InChI is InChI=1S/C17H30N4/c1-5-10-18-16-14(4)17(20-15(19-16)13(2)3)21-11-8-6-7-9-12-21/h13H,5-12H2,1-4H3,(H,18,19,20). The number of rotatable bonds is 5. The second-order valence-corrected chi connectivity index (χ2v) is 6.36. The molecule has 0 unspecified atom stereocenters. The molecular weight excluding hydrogens is 260 g/mol. The minimum Gasteiger partial charge on any atom is -0.370 e. The fourth-order valence-electron chi connectivity index (χ4n) is 2.79. The Morgan fingerprint density at radius 3 is 2.33 bits per heavy atom. The van der Waals surface area contributed by atoms with Gasteiger partial charge in [0.2, 0.25) is 0 Å². The van der Waals surface area contributed by atoms with E-state index >= 15 is 0 Å². The average molecular weight is 290 g/mol. The number of hydrogen-bond acceptors (Lipinski definition) is 4. The highest BCUT2D eigenvalue weighted by atomic mass is 15.2. The van der Waals surface area contributed by atoms with Crippen molar-refractivity contribution in [1.82, 2.24) is 9.97 Å². The fraction of sp³-hybridized carbons (Fsp3) is 0.765. The van der Waals surface area contributed by atoms with E-state index in [2.05, 4.69) is 37.9 Å². The Morgan fingerprint density at radius 2 is 1.76 bits per heavy atom. The molecule has 2 heterocycles. The van der Waals surface area contributed by atoms with Gasteiger partial charge in [0.05, 0.1) is 0 Å². The molecule has 0 radical (unpaired) electrons. The summed E-state index contributed by atoms with van der Waals surface area (Å²) >= 11 is 0. The van der Waals surface area contributed by atoms with E-state index < -0.39 is 0 Å². The van der Waals surface area contributed by atoms with Crippen molar-refractivity contribution < 1.29 is 0 Å². The minimum atomic E-state index is 0.360. The summed E-state index contributed by atoms with van der Waals surface area (Å²) in [5, 5.41) is 3.48. The minimum absolute atomic E-state index is 0.360. The molecule has 0 spiro atoms. The number of aromatic nitrogens is 2. The SMILES string of the molecule is CCCNc1nc(C(C)C)nc(N2CCCCCC2)c1C.